The highest BCUT2D eigenvalue weighted by Crippen LogP contribution is 2.19. The van der Waals surface area contributed by atoms with Gasteiger partial charge in [-0.05, 0) is 24.8 Å². The SMILES string of the molecule is C=CCC.C=O.Cc1ccc2c(N)nccc2c1. The van der Waals surface area contributed by atoms with E-state index in [2.05, 4.69) is 31.5 Å². The van der Waals surface area contributed by atoms with Crippen molar-refractivity contribution in [2.24, 2.45) is 0 Å². The number of allylic oxidation sites excluding steroid dienone is 1. The van der Waals surface area contributed by atoms with E-state index in [4.69, 9.17) is 10.5 Å². The Hall–Kier alpha value is -2.16. The lowest BCUT2D eigenvalue weighted by atomic mass is 10.1. The second-order valence-electron chi connectivity index (χ2n) is 3.62. The molecule has 3 nitrogen and oxygen atoms in total. The molecule has 0 aliphatic rings. The predicted molar refractivity (Wildman–Crippen MR) is 78.5 cm³/mol. The number of rotatable bonds is 1. The fraction of sp³-hybridized carbons (Fsp3) is 0.200. The Kier molecular flexibility index (Phi) is 7.86. The van der Waals surface area contributed by atoms with Crippen molar-refractivity contribution in [3.8, 4) is 0 Å². The van der Waals surface area contributed by atoms with E-state index in [1.165, 1.54) is 5.56 Å². The average Bonchev–Trinajstić information content (AvgIpc) is 2.41. The zero-order valence-corrected chi connectivity index (χ0v) is 11.0. The van der Waals surface area contributed by atoms with Gasteiger partial charge in [0.1, 0.15) is 12.6 Å². The van der Waals surface area contributed by atoms with Gasteiger partial charge in [-0.3, -0.25) is 0 Å². The first-order valence-corrected chi connectivity index (χ1v) is 5.69. The van der Waals surface area contributed by atoms with E-state index < -0.39 is 0 Å². The maximum absolute atomic E-state index is 8.00. The van der Waals surface area contributed by atoms with Gasteiger partial charge in [-0.2, -0.15) is 0 Å². The van der Waals surface area contributed by atoms with Gasteiger partial charge in [-0.1, -0.05) is 36.8 Å². The third kappa shape index (κ3) is 4.78. The molecule has 1 aromatic heterocycles. The van der Waals surface area contributed by atoms with Crippen molar-refractivity contribution in [3.05, 3.63) is 48.7 Å². The lowest BCUT2D eigenvalue weighted by Gasteiger charge is -2.00. The summed E-state index contributed by atoms with van der Waals surface area (Å²) < 4.78 is 0. The summed E-state index contributed by atoms with van der Waals surface area (Å²) in [4.78, 5) is 12.0. The van der Waals surface area contributed by atoms with Gasteiger partial charge in [-0.15, -0.1) is 6.58 Å². The number of anilines is 1. The zero-order chi connectivity index (χ0) is 14.0. The molecule has 0 unspecified atom stereocenters. The predicted octanol–water partition coefficient (Wildman–Crippen LogP) is 3.52. The summed E-state index contributed by atoms with van der Waals surface area (Å²) >= 11 is 0. The summed E-state index contributed by atoms with van der Waals surface area (Å²) in [5.41, 5.74) is 6.94. The Morgan fingerprint density at radius 3 is 2.50 bits per heavy atom. The van der Waals surface area contributed by atoms with Crippen LogP contribution in [0.2, 0.25) is 0 Å². The number of nitrogens with two attached hydrogens (primary N) is 1. The number of carbonyl (C=O) groups is 1. The van der Waals surface area contributed by atoms with Crippen LogP contribution in [0.15, 0.2) is 43.1 Å². The fourth-order valence-electron chi connectivity index (χ4n) is 1.32. The molecule has 1 heterocycles. The Labute approximate surface area is 108 Å². The molecule has 3 heteroatoms. The molecule has 2 N–H and O–H groups in total. The Morgan fingerprint density at radius 2 is 1.94 bits per heavy atom. The van der Waals surface area contributed by atoms with Gasteiger partial charge < -0.3 is 10.5 Å². The summed E-state index contributed by atoms with van der Waals surface area (Å²) in [6, 6.07) is 8.12. The molecular weight excluding hydrogens is 224 g/mol. The van der Waals surface area contributed by atoms with E-state index in [1.54, 1.807) is 6.20 Å². The van der Waals surface area contributed by atoms with Crippen LogP contribution < -0.4 is 5.73 Å². The highest BCUT2D eigenvalue weighted by atomic mass is 16.1. The lowest BCUT2D eigenvalue weighted by molar-refractivity contribution is -0.0979. The van der Waals surface area contributed by atoms with E-state index in [0.717, 1.165) is 17.2 Å². The van der Waals surface area contributed by atoms with Crippen molar-refractivity contribution in [3.63, 3.8) is 0 Å². The quantitative estimate of drug-likeness (QED) is 0.781. The summed E-state index contributed by atoms with van der Waals surface area (Å²) in [5, 5.41) is 2.19. The molecule has 0 amide bonds. The third-order valence-electron chi connectivity index (χ3n) is 2.24. The second kappa shape index (κ2) is 8.93. The van der Waals surface area contributed by atoms with Crippen LogP contribution in [0.1, 0.15) is 18.9 Å². The smallest absolute Gasteiger partial charge is 0.131 e. The van der Waals surface area contributed by atoms with Crippen LogP contribution in [0.5, 0.6) is 0 Å². The van der Waals surface area contributed by atoms with Crippen LogP contribution in [0.25, 0.3) is 10.8 Å². The fourth-order valence-corrected chi connectivity index (χ4v) is 1.32. The monoisotopic (exact) mass is 244 g/mol. The minimum Gasteiger partial charge on any atom is -0.383 e. The van der Waals surface area contributed by atoms with Crippen LogP contribution in [0.3, 0.4) is 0 Å². The highest BCUT2D eigenvalue weighted by molar-refractivity contribution is 5.91. The topological polar surface area (TPSA) is 56.0 Å². The number of hydrogen-bond acceptors (Lipinski definition) is 3. The van der Waals surface area contributed by atoms with Gasteiger partial charge in [0.25, 0.3) is 0 Å². The molecule has 0 spiro atoms. The molecule has 0 aliphatic heterocycles. The number of nitrogen functional groups attached to an aromatic ring is 1. The van der Waals surface area contributed by atoms with Crippen molar-refractivity contribution >= 4 is 23.4 Å². The molecule has 0 saturated carbocycles. The zero-order valence-electron chi connectivity index (χ0n) is 11.0. The first-order chi connectivity index (χ1) is 8.69. The summed E-state index contributed by atoms with van der Waals surface area (Å²) in [7, 11) is 0. The van der Waals surface area contributed by atoms with E-state index in [-0.39, 0.29) is 0 Å². The maximum atomic E-state index is 8.00. The molecule has 0 saturated heterocycles. The van der Waals surface area contributed by atoms with E-state index >= 15 is 0 Å². The Morgan fingerprint density at radius 1 is 1.33 bits per heavy atom. The van der Waals surface area contributed by atoms with Crippen molar-refractivity contribution in [1.82, 2.24) is 4.98 Å². The average molecular weight is 244 g/mol. The number of aromatic nitrogens is 1. The molecule has 2 aromatic rings. The number of hydrogen-bond donors (Lipinski definition) is 1. The van der Waals surface area contributed by atoms with Crippen molar-refractivity contribution in [1.29, 1.82) is 0 Å². The molecule has 2 rings (SSSR count). The largest absolute Gasteiger partial charge is 0.383 e. The van der Waals surface area contributed by atoms with Gasteiger partial charge in [0, 0.05) is 11.6 Å². The van der Waals surface area contributed by atoms with Crippen LogP contribution in [-0.4, -0.2) is 11.8 Å². The number of benzene rings is 1. The van der Waals surface area contributed by atoms with Crippen molar-refractivity contribution in [2.75, 3.05) is 5.73 Å². The van der Waals surface area contributed by atoms with Crippen LogP contribution in [-0.2, 0) is 4.79 Å². The Balaban J connectivity index is 0.000000415. The summed E-state index contributed by atoms with van der Waals surface area (Å²) in [5.74, 6) is 0.604. The van der Waals surface area contributed by atoms with Crippen LogP contribution in [0.4, 0.5) is 5.82 Å². The minimum absolute atomic E-state index is 0.604. The first-order valence-electron chi connectivity index (χ1n) is 5.69. The number of fused-ring (bicyclic) bond motifs is 1. The second-order valence-corrected chi connectivity index (χ2v) is 3.62. The molecule has 96 valence electrons. The van der Waals surface area contributed by atoms with Crippen LogP contribution >= 0.6 is 0 Å². The lowest BCUT2D eigenvalue weighted by Crippen LogP contribution is -1.90. The van der Waals surface area contributed by atoms with Gasteiger partial charge in [0.15, 0.2) is 0 Å². The molecule has 0 radical (unpaired) electrons. The summed E-state index contributed by atoms with van der Waals surface area (Å²) in [6.07, 6.45) is 4.69. The molecular formula is C15H20N2O. The molecule has 0 atom stereocenters. The van der Waals surface area contributed by atoms with Gasteiger partial charge in [0.2, 0.25) is 0 Å². The van der Waals surface area contributed by atoms with E-state index in [0.29, 0.717) is 5.82 Å². The standard InChI is InChI=1S/C10H10N2.C4H8.CH2O/c1-7-2-3-9-8(6-7)4-5-12-10(9)11;1-3-4-2;1-2/h2-6H,1H3,(H2,11,12);3H,1,4H2,2H3;1H2. The third-order valence-corrected chi connectivity index (χ3v) is 2.24. The normalized spacial score (nSPS) is 8.56. The number of aryl methyl sites for hydroxylation is 1. The number of carbonyl (C=O) groups excluding carboxylic acids is 1. The number of nitrogens with zero attached hydrogens (tertiary/aromatic N) is 1. The first kappa shape index (κ1) is 15.8. The van der Waals surface area contributed by atoms with Crippen molar-refractivity contribution in [2.45, 2.75) is 20.3 Å². The Bertz CT molecular complexity index is 495. The number of pyridine rings is 1. The molecule has 0 fully saturated rings. The van der Waals surface area contributed by atoms with Crippen molar-refractivity contribution < 1.29 is 4.79 Å². The van der Waals surface area contributed by atoms with Gasteiger partial charge in [-0.25, -0.2) is 4.98 Å². The highest BCUT2D eigenvalue weighted by Gasteiger charge is 1.96. The van der Waals surface area contributed by atoms with Gasteiger partial charge in [0.05, 0.1) is 0 Å². The maximum Gasteiger partial charge on any atom is 0.131 e. The van der Waals surface area contributed by atoms with Gasteiger partial charge >= 0.3 is 0 Å². The molecule has 18 heavy (non-hydrogen) atoms. The van der Waals surface area contributed by atoms with E-state index in [9.17, 15) is 0 Å². The summed E-state index contributed by atoms with van der Waals surface area (Å²) in [6.45, 7) is 9.61. The van der Waals surface area contributed by atoms with E-state index in [1.807, 2.05) is 31.1 Å². The molecule has 0 aliphatic carbocycles. The van der Waals surface area contributed by atoms with Crippen LogP contribution in [0, 0.1) is 6.92 Å². The molecule has 0 bridgehead atoms. The molecule has 1 aromatic carbocycles. The minimum atomic E-state index is 0.604.